The van der Waals surface area contributed by atoms with Crippen molar-refractivity contribution in [1.82, 2.24) is 0 Å². The van der Waals surface area contributed by atoms with Gasteiger partial charge >= 0.3 is 0 Å². The van der Waals surface area contributed by atoms with Gasteiger partial charge in [0.05, 0.1) is 13.0 Å². The topological polar surface area (TPSA) is 97.7 Å². The minimum absolute atomic E-state index is 0.00275. The summed E-state index contributed by atoms with van der Waals surface area (Å²) < 4.78 is 18.9. The molecule has 0 amide bonds. The van der Waals surface area contributed by atoms with E-state index in [9.17, 15) is 10.4 Å². The van der Waals surface area contributed by atoms with E-state index in [0.29, 0.717) is 29.4 Å². The number of nitrogens with two attached hydrogens (primary N) is 1. The first-order chi connectivity index (χ1) is 15.4. The third kappa shape index (κ3) is 4.27. The van der Waals surface area contributed by atoms with Gasteiger partial charge in [0.15, 0.2) is 11.5 Å². The van der Waals surface area contributed by atoms with Crippen molar-refractivity contribution >= 4 is 31.9 Å². The zero-order chi connectivity index (χ0) is 22.8. The Labute approximate surface area is 202 Å². The summed E-state index contributed by atoms with van der Waals surface area (Å²) in [4.78, 5) is 0. The summed E-state index contributed by atoms with van der Waals surface area (Å²) in [5.41, 5.74) is 8.78. The second-order valence-corrected chi connectivity index (χ2v) is 8.86. The van der Waals surface area contributed by atoms with Gasteiger partial charge in [-0.1, -0.05) is 50.1 Å². The van der Waals surface area contributed by atoms with E-state index in [1.54, 1.807) is 19.2 Å². The number of halogens is 2. The van der Waals surface area contributed by atoms with Crippen LogP contribution < -0.4 is 19.9 Å². The molecule has 1 aliphatic rings. The number of rotatable bonds is 5. The molecule has 8 heteroatoms. The van der Waals surface area contributed by atoms with Crippen molar-refractivity contribution < 1.29 is 19.3 Å². The van der Waals surface area contributed by atoms with Crippen LogP contribution in [0.4, 0.5) is 0 Å². The summed E-state index contributed by atoms with van der Waals surface area (Å²) in [7, 11) is 1.56. The molecule has 32 heavy (non-hydrogen) atoms. The monoisotopic (exact) mass is 556 g/mol. The van der Waals surface area contributed by atoms with E-state index in [2.05, 4.69) is 37.9 Å². The van der Waals surface area contributed by atoms with Crippen LogP contribution in [0.3, 0.4) is 0 Å². The Morgan fingerprint density at radius 2 is 1.81 bits per heavy atom. The maximum atomic E-state index is 9.85. The van der Waals surface area contributed by atoms with E-state index in [4.69, 9.17) is 19.9 Å². The van der Waals surface area contributed by atoms with Gasteiger partial charge in [-0.05, 0) is 41.5 Å². The van der Waals surface area contributed by atoms with E-state index in [1.807, 2.05) is 36.4 Å². The van der Waals surface area contributed by atoms with Crippen LogP contribution in [-0.2, 0) is 6.61 Å². The number of fused-ring (bicyclic) bond motifs is 1. The average Bonchev–Trinajstić information content (AvgIpc) is 2.78. The van der Waals surface area contributed by atoms with Gasteiger partial charge in [0.2, 0.25) is 5.88 Å². The van der Waals surface area contributed by atoms with Crippen molar-refractivity contribution in [3.8, 4) is 29.1 Å². The third-order valence-corrected chi connectivity index (χ3v) is 6.32. The Hall–Kier alpha value is -3.15. The number of benzene rings is 3. The molecule has 0 unspecified atom stereocenters. The predicted octanol–water partition coefficient (Wildman–Crippen LogP) is 5.72. The summed E-state index contributed by atoms with van der Waals surface area (Å²) in [6.07, 6.45) is 0. The number of hydrogen-bond acceptors (Lipinski definition) is 6. The first-order valence-electron chi connectivity index (χ1n) is 9.56. The maximum absolute atomic E-state index is 9.85. The fourth-order valence-corrected chi connectivity index (χ4v) is 4.37. The molecule has 4 rings (SSSR count). The predicted molar refractivity (Wildman–Crippen MR) is 127 cm³/mol. The van der Waals surface area contributed by atoms with Gasteiger partial charge in [0.25, 0.3) is 0 Å². The van der Waals surface area contributed by atoms with Gasteiger partial charge in [-0.15, -0.1) is 0 Å². The number of phenols is 1. The molecule has 3 aromatic carbocycles. The van der Waals surface area contributed by atoms with E-state index in [-0.39, 0.29) is 17.2 Å². The minimum atomic E-state index is -0.506. The molecule has 0 aliphatic carbocycles. The lowest BCUT2D eigenvalue weighted by atomic mass is 9.83. The Morgan fingerprint density at radius 3 is 2.50 bits per heavy atom. The van der Waals surface area contributed by atoms with E-state index >= 15 is 0 Å². The number of phenolic OH excluding ortho intramolecular Hbond substituents is 1. The molecular weight excluding hydrogens is 540 g/mol. The molecule has 3 N–H and O–H groups in total. The van der Waals surface area contributed by atoms with Crippen LogP contribution in [0.1, 0.15) is 22.6 Å². The van der Waals surface area contributed by atoms with Crippen LogP contribution in [0.15, 0.2) is 75.0 Å². The molecular formula is C24H18Br2N2O4. The van der Waals surface area contributed by atoms with Gasteiger partial charge in [0.1, 0.15) is 29.7 Å². The molecule has 1 heterocycles. The number of hydrogen-bond donors (Lipinski definition) is 2. The number of ether oxygens (including phenoxy) is 3. The van der Waals surface area contributed by atoms with Crippen molar-refractivity contribution in [3.05, 3.63) is 91.7 Å². The van der Waals surface area contributed by atoms with E-state index in [0.717, 1.165) is 20.1 Å². The molecule has 3 aromatic rings. The molecule has 162 valence electrons. The number of methoxy groups -OCH3 is 1. The lowest BCUT2D eigenvalue weighted by Gasteiger charge is -2.27. The Morgan fingerprint density at radius 1 is 1.06 bits per heavy atom. The SMILES string of the molecule is COc1cc([C@H]2C(C#N)=C(N)Oc3cc(O)ccc32)c(Br)cc1OCc1ccc(Br)cc1. The van der Waals surface area contributed by atoms with Crippen LogP contribution in [0, 0.1) is 11.3 Å². The molecule has 0 radical (unpaired) electrons. The second-order valence-electron chi connectivity index (χ2n) is 7.09. The Bertz CT molecular complexity index is 1250. The lowest BCUT2D eigenvalue weighted by molar-refractivity contribution is 0.284. The van der Waals surface area contributed by atoms with Crippen molar-refractivity contribution in [2.45, 2.75) is 12.5 Å². The summed E-state index contributed by atoms with van der Waals surface area (Å²) in [5, 5.41) is 19.6. The first-order valence-corrected chi connectivity index (χ1v) is 11.1. The van der Waals surface area contributed by atoms with Gasteiger partial charge in [-0.25, -0.2) is 0 Å². The lowest BCUT2D eigenvalue weighted by Crippen LogP contribution is -2.21. The highest BCUT2D eigenvalue weighted by atomic mass is 79.9. The van der Waals surface area contributed by atoms with E-state index < -0.39 is 5.92 Å². The fourth-order valence-electron chi connectivity index (χ4n) is 3.55. The van der Waals surface area contributed by atoms with E-state index in [1.165, 1.54) is 6.07 Å². The molecule has 6 nitrogen and oxygen atoms in total. The largest absolute Gasteiger partial charge is 0.508 e. The molecule has 0 fully saturated rings. The normalized spacial score (nSPS) is 14.9. The van der Waals surface area contributed by atoms with Crippen molar-refractivity contribution in [2.24, 2.45) is 5.73 Å². The molecule has 0 aromatic heterocycles. The molecule has 0 bridgehead atoms. The quantitative estimate of drug-likeness (QED) is 0.416. The molecule has 1 aliphatic heterocycles. The number of aromatic hydroxyl groups is 1. The summed E-state index contributed by atoms with van der Waals surface area (Å²) in [6, 6.07) is 18.4. The molecule has 1 atom stereocenters. The highest BCUT2D eigenvalue weighted by molar-refractivity contribution is 9.10. The summed E-state index contributed by atoms with van der Waals surface area (Å²) in [6.45, 7) is 0.366. The second kappa shape index (κ2) is 9.15. The Kier molecular flexibility index (Phi) is 6.31. The van der Waals surface area contributed by atoms with Gasteiger partial charge in [0, 0.05) is 20.6 Å². The third-order valence-electron chi connectivity index (χ3n) is 5.10. The maximum Gasteiger partial charge on any atom is 0.205 e. The van der Waals surface area contributed by atoms with Crippen molar-refractivity contribution in [3.63, 3.8) is 0 Å². The van der Waals surface area contributed by atoms with Crippen LogP contribution in [0.2, 0.25) is 0 Å². The fraction of sp³-hybridized carbons (Fsp3) is 0.125. The van der Waals surface area contributed by atoms with Crippen molar-refractivity contribution in [1.29, 1.82) is 5.26 Å². The molecule has 0 spiro atoms. The smallest absolute Gasteiger partial charge is 0.205 e. The molecule has 0 saturated heterocycles. The van der Waals surface area contributed by atoms with Crippen LogP contribution >= 0.6 is 31.9 Å². The number of allylic oxidation sites excluding steroid dienone is 1. The van der Waals surface area contributed by atoms with Crippen LogP contribution in [0.5, 0.6) is 23.0 Å². The summed E-state index contributed by atoms with van der Waals surface area (Å²) >= 11 is 7.04. The first kappa shape index (κ1) is 22.1. The number of nitriles is 1. The minimum Gasteiger partial charge on any atom is -0.508 e. The standard InChI is InChI=1S/C24H18Br2N2O4/c1-30-21-9-17(19(26)10-22(21)31-12-13-2-4-14(25)5-3-13)23-16-7-6-15(29)8-20(16)32-24(28)18(23)11-27/h2-10,23,29H,12,28H2,1H3/t23-/m0/s1. The zero-order valence-corrected chi connectivity index (χ0v) is 20.1. The Balaban J connectivity index is 1.74. The van der Waals surface area contributed by atoms with Crippen LogP contribution in [0.25, 0.3) is 0 Å². The highest BCUT2D eigenvalue weighted by Crippen LogP contribution is 2.47. The van der Waals surface area contributed by atoms with Crippen molar-refractivity contribution in [2.75, 3.05) is 7.11 Å². The zero-order valence-electron chi connectivity index (χ0n) is 16.9. The summed E-state index contributed by atoms with van der Waals surface area (Å²) in [5.74, 6) is 1.00. The van der Waals surface area contributed by atoms with Gasteiger partial charge in [-0.2, -0.15) is 5.26 Å². The van der Waals surface area contributed by atoms with Crippen LogP contribution in [-0.4, -0.2) is 12.2 Å². The van der Waals surface area contributed by atoms with Gasteiger partial charge in [-0.3, -0.25) is 0 Å². The van der Waals surface area contributed by atoms with Gasteiger partial charge < -0.3 is 25.1 Å². The molecule has 0 saturated carbocycles. The average molecular weight is 558 g/mol. The highest BCUT2D eigenvalue weighted by Gasteiger charge is 2.33. The number of nitrogens with zero attached hydrogens (tertiary/aromatic N) is 1.